The van der Waals surface area contributed by atoms with E-state index in [1.165, 1.54) is 12.8 Å². The van der Waals surface area contributed by atoms with Crippen molar-refractivity contribution in [2.24, 2.45) is 5.92 Å². The normalized spacial score (nSPS) is 18.1. The van der Waals surface area contributed by atoms with Gasteiger partial charge >= 0.3 is 0 Å². The van der Waals surface area contributed by atoms with E-state index in [1.54, 1.807) is 0 Å². The Morgan fingerprint density at radius 3 is 2.75 bits per heavy atom. The van der Waals surface area contributed by atoms with Crippen LogP contribution in [-0.4, -0.2) is 11.5 Å². The highest BCUT2D eigenvalue weighted by atomic mass is 32.1. The topological polar surface area (TPSA) is 12.0 Å². The van der Waals surface area contributed by atoms with Crippen LogP contribution in [0.3, 0.4) is 0 Å². The predicted octanol–water partition coefficient (Wildman–Crippen LogP) is 1.33. The lowest BCUT2D eigenvalue weighted by Crippen LogP contribution is -2.20. The summed E-state index contributed by atoms with van der Waals surface area (Å²) in [4.78, 5) is 0.928. The summed E-state index contributed by atoms with van der Waals surface area (Å²) in [5, 5.41) is 3.14. The molecule has 0 bridgehead atoms. The van der Waals surface area contributed by atoms with Gasteiger partial charge in [0.25, 0.3) is 0 Å². The molecule has 46 valence electrons. The van der Waals surface area contributed by atoms with Gasteiger partial charge in [0.2, 0.25) is 0 Å². The van der Waals surface area contributed by atoms with E-state index in [-0.39, 0.29) is 0 Å². The van der Waals surface area contributed by atoms with Crippen molar-refractivity contribution in [1.82, 2.24) is 5.32 Å². The van der Waals surface area contributed by atoms with Crippen molar-refractivity contribution in [1.29, 1.82) is 0 Å². The molecule has 0 radical (unpaired) electrons. The molecule has 0 aromatic carbocycles. The Bertz CT molecular complexity index is 96.7. The maximum atomic E-state index is 4.83. The first kappa shape index (κ1) is 6.02. The van der Waals surface area contributed by atoms with Crippen LogP contribution >= 0.6 is 12.2 Å². The molecule has 0 saturated heterocycles. The monoisotopic (exact) mass is 129 g/mol. The average molecular weight is 129 g/mol. The van der Waals surface area contributed by atoms with Crippen LogP contribution in [0.15, 0.2) is 0 Å². The molecule has 0 atom stereocenters. The van der Waals surface area contributed by atoms with E-state index in [9.17, 15) is 0 Å². The van der Waals surface area contributed by atoms with Gasteiger partial charge in [-0.05, 0) is 25.7 Å². The van der Waals surface area contributed by atoms with Crippen molar-refractivity contribution in [3.05, 3.63) is 0 Å². The number of hydrogen-bond acceptors (Lipinski definition) is 1. The summed E-state index contributed by atoms with van der Waals surface area (Å²) in [5.41, 5.74) is 0. The van der Waals surface area contributed by atoms with Crippen LogP contribution in [-0.2, 0) is 0 Å². The SMILES string of the molecule is CC(=S)NCC1CC1. The Labute approximate surface area is 55.5 Å². The van der Waals surface area contributed by atoms with Gasteiger partial charge in [-0.2, -0.15) is 0 Å². The summed E-state index contributed by atoms with van der Waals surface area (Å²) >= 11 is 4.83. The molecule has 1 saturated carbocycles. The minimum Gasteiger partial charge on any atom is -0.380 e. The first-order chi connectivity index (χ1) is 3.79. The molecule has 8 heavy (non-hydrogen) atoms. The largest absolute Gasteiger partial charge is 0.380 e. The second-order valence-electron chi connectivity index (χ2n) is 2.38. The Hall–Kier alpha value is -0.110. The summed E-state index contributed by atoms with van der Waals surface area (Å²) in [6.45, 7) is 3.03. The fraction of sp³-hybridized carbons (Fsp3) is 0.833. The van der Waals surface area contributed by atoms with Gasteiger partial charge in [0, 0.05) is 6.54 Å². The van der Waals surface area contributed by atoms with Crippen LogP contribution in [0.4, 0.5) is 0 Å². The number of thiocarbonyl (C=S) groups is 1. The third-order valence-corrected chi connectivity index (χ3v) is 1.48. The minimum absolute atomic E-state index is 0.928. The molecule has 1 N–H and O–H groups in total. The number of rotatable bonds is 2. The zero-order valence-electron chi connectivity index (χ0n) is 5.11. The van der Waals surface area contributed by atoms with Crippen molar-refractivity contribution >= 4 is 17.2 Å². The van der Waals surface area contributed by atoms with Crippen LogP contribution in [0.2, 0.25) is 0 Å². The lowest BCUT2D eigenvalue weighted by atomic mass is 10.4. The molecule has 1 rings (SSSR count). The highest BCUT2D eigenvalue weighted by Crippen LogP contribution is 2.27. The van der Waals surface area contributed by atoms with E-state index in [0.29, 0.717) is 0 Å². The van der Waals surface area contributed by atoms with Gasteiger partial charge in [0.15, 0.2) is 0 Å². The number of hydrogen-bond donors (Lipinski definition) is 1. The Morgan fingerprint density at radius 1 is 1.75 bits per heavy atom. The Morgan fingerprint density at radius 2 is 2.38 bits per heavy atom. The summed E-state index contributed by atoms with van der Waals surface area (Å²) in [6.07, 6.45) is 2.80. The highest BCUT2D eigenvalue weighted by molar-refractivity contribution is 7.80. The second-order valence-corrected chi connectivity index (χ2v) is 2.99. The van der Waals surface area contributed by atoms with Crippen molar-refractivity contribution < 1.29 is 0 Å². The third-order valence-electron chi connectivity index (χ3n) is 1.34. The van der Waals surface area contributed by atoms with Crippen molar-refractivity contribution in [2.75, 3.05) is 6.54 Å². The Kier molecular flexibility index (Phi) is 1.84. The fourth-order valence-electron chi connectivity index (χ4n) is 0.610. The first-order valence-electron chi connectivity index (χ1n) is 3.03. The predicted molar refractivity (Wildman–Crippen MR) is 39.0 cm³/mol. The highest BCUT2D eigenvalue weighted by Gasteiger charge is 2.20. The van der Waals surface area contributed by atoms with E-state index < -0.39 is 0 Å². The summed E-state index contributed by atoms with van der Waals surface area (Å²) in [7, 11) is 0. The van der Waals surface area contributed by atoms with E-state index in [4.69, 9.17) is 12.2 Å². The number of nitrogens with one attached hydrogen (secondary N) is 1. The summed E-state index contributed by atoms with van der Waals surface area (Å²) in [5.74, 6) is 0.938. The van der Waals surface area contributed by atoms with Gasteiger partial charge in [-0.3, -0.25) is 0 Å². The van der Waals surface area contributed by atoms with Gasteiger partial charge in [-0.25, -0.2) is 0 Å². The second kappa shape index (κ2) is 2.44. The van der Waals surface area contributed by atoms with Gasteiger partial charge in [0.05, 0.1) is 4.99 Å². The zero-order valence-corrected chi connectivity index (χ0v) is 5.92. The van der Waals surface area contributed by atoms with Gasteiger partial charge in [-0.15, -0.1) is 0 Å². The van der Waals surface area contributed by atoms with Crippen LogP contribution in [0, 0.1) is 5.92 Å². The zero-order chi connectivity index (χ0) is 5.98. The van der Waals surface area contributed by atoms with Crippen LogP contribution < -0.4 is 5.32 Å². The lowest BCUT2D eigenvalue weighted by molar-refractivity contribution is 0.777. The fourth-order valence-corrected chi connectivity index (χ4v) is 0.693. The minimum atomic E-state index is 0.928. The molecule has 0 aromatic heterocycles. The van der Waals surface area contributed by atoms with E-state index in [1.807, 2.05) is 6.92 Å². The smallest absolute Gasteiger partial charge is 0.0721 e. The summed E-state index contributed by atoms with van der Waals surface area (Å²) < 4.78 is 0. The van der Waals surface area contributed by atoms with Crippen LogP contribution in [0.25, 0.3) is 0 Å². The van der Waals surface area contributed by atoms with E-state index >= 15 is 0 Å². The van der Waals surface area contributed by atoms with Crippen LogP contribution in [0.5, 0.6) is 0 Å². The molecule has 0 amide bonds. The van der Waals surface area contributed by atoms with E-state index in [0.717, 1.165) is 17.5 Å². The molecule has 0 unspecified atom stereocenters. The van der Waals surface area contributed by atoms with Crippen molar-refractivity contribution in [3.8, 4) is 0 Å². The molecule has 0 aliphatic heterocycles. The Balaban J connectivity index is 1.95. The maximum absolute atomic E-state index is 4.83. The van der Waals surface area contributed by atoms with Crippen molar-refractivity contribution in [2.45, 2.75) is 19.8 Å². The quantitative estimate of drug-likeness (QED) is 0.564. The molecular formula is C6H11NS. The average Bonchev–Trinajstić information content (AvgIpc) is 2.41. The molecule has 1 nitrogen and oxygen atoms in total. The standard InChI is InChI=1S/C6H11NS/c1-5(8)7-4-6-2-3-6/h6H,2-4H2,1H3,(H,7,8). The molecule has 2 heteroatoms. The van der Waals surface area contributed by atoms with E-state index in [2.05, 4.69) is 5.32 Å². The lowest BCUT2D eigenvalue weighted by Gasteiger charge is -1.98. The molecule has 1 fully saturated rings. The summed E-state index contributed by atoms with van der Waals surface area (Å²) in [6, 6.07) is 0. The molecule has 1 aliphatic rings. The molecular weight excluding hydrogens is 118 g/mol. The third kappa shape index (κ3) is 2.26. The van der Waals surface area contributed by atoms with Gasteiger partial charge in [-0.1, -0.05) is 12.2 Å². The van der Waals surface area contributed by atoms with Gasteiger partial charge < -0.3 is 5.32 Å². The molecule has 1 aliphatic carbocycles. The molecule has 0 aromatic rings. The first-order valence-corrected chi connectivity index (χ1v) is 3.44. The maximum Gasteiger partial charge on any atom is 0.0721 e. The van der Waals surface area contributed by atoms with Gasteiger partial charge in [0.1, 0.15) is 0 Å². The molecule has 0 heterocycles. The van der Waals surface area contributed by atoms with Crippen molar-refractivity contribution in [3.63, 3.8) is 0 Å². The van der Waals surface area contributed by atoms with Crippen LogP contribution in [0.1, 0.15) is 19.8 Å². The molecule has 0 spiro atoms.